The van der Waals surface area contributed by atoms with E-state index in [1.165, 1.54) is 12.1 Å². The largest absolute Gasteiger partial charge is 0.359 e. The number of nitrogens with zero attached hydrogens (tertiary/aromatic N) is 2. The van der Waals surface area contributed by atoms with Gasteiger partial charge in [-0.15, -0.1) is 0 Å². The summed E-state index contributed by atoms with van der Waals surface area (Å²) in [5, 5.41) is 6.48. The van der Waals surface area contributed by atoms with Gasteiger partial charge in [-0.2, -0.15) is 0 Å². The average Bonchev–Trinajstić information content (AvgIpc) is 3.10. The highest BCUT2D eigenvalue weighted by Crippen LogP contribution is 2.33. The number of rotatable bonds is 2. The van der Waals surface area contributed by atoms with E-state index in [0.717, 1.165) is 18.5 Å². The SMILES string of the molecule is Cc1cc([C@H]2CCCN2C(=O)Nc2ccc(Br)cc2F)on1. The highest BCUT2D eigenvalue weighted by atomic mass is 79.9. The predicted octanol–water partition coefficient (Wildman–Crippen LogP) is 4.25. The van der Waals surface area contributed by atoms with Gasteiger partial charge in [0, 0.05) is 17.1 Å². The molecule has 0 bridgehead atoms. The molecule has 0 radical (unpaired) electrons. The van der Waals surface area contributed by atoms with Crippen LogP contribution in [0.25, 0.3) is 0 Å². The number of anilines is 1. The van der Waals surface area contributed by atoms with Gasteiger partial charge in [0.05, 0.1) is 17.4 Å². The first-order chi connectivity index (χ1) is 10.5. The van der Waals surface area contributed by atoms with E-state index in [1.54, 1.807) is 11.0 Å². The summed E-state index contributed by atoms with van der Waals surface area (Å²) in [4.78, 5) is 14.1. The highest BCUT2D eigenvalue weighted by Gasteiger charge is 2.33. The van der Waals surface area contributed by atoms with Crippen LogP contribution in [-0.2, 0) is 0 Å². The lowest BCUT2D eigenvalue weighted by atomic mass is 10.1. The van der Waals surface area contributed by atoms with E-state index in [2.05, 4.69) is 26.4 Å². The Morgan fingerprint density at radius 3 is 3.00 bits per heavy atom. The van der Waals surface area contributed by atoms with E-state index < -0.39 is 5.82 Å². The van der Waals surface area contributed by atoms with Crippen molar-refractivity contribution < 1.29 is 13.7 Å². The van der Waals surface area contributed by atoms with Crippen LogP contribution in [0, 0.1) is 12.7 Å². The first-order valence-corrected chi connectivity index (χ1v) is 7.80. The number of carbonyl (C=O) groups excluding carboxylic acids is 1. The number of halogens is 2. The number of likely N-dealkylation sites (tertiary alicyclic amines) is 1. The molecule has 3 rings (SSSR count). The van der Waals surface area contributed by atoms with E-state index in [1.807, 2.05) is 13.0 Å². The van der Waals surface area contributed by atoms with Gasteiger partial charge in [-0.1, -0.05) is 21.1 Å². The maximum absolute atomic E-state index is 13.8. The maximum atomic E-state index is 13.8. The summed E-state index contributed by atoms with van der Waals surface area (Å²) in [5.74, 6) is 0.190. The molecule has 2 aromatic rings. The molecule has 0 spiro atoms. The Kier molecular flexibility index (Phi) is 4.15. The Balaban J connectivity index is 1.76. The standard InChI is InChI=1S/C15H15BrFN3O2/c1-9-7-14(22-19-9)13-3-2-6-20(13)15(21)18-12-5-4-10(16)8-11(12)17/h4-5,7-8,13H,2-3,6H2,1H3,(H,18,21)/t13-/m1/s1. The molecule has 1 aromatic carbocycles. The molecule has 0 aliphatic carbocycles. The van der Waals surface area contributed by atoms with Crippen molar-refractivity contribution in [2.75, 3.05) is 11.9 Å². The van der Waals surface area contributed by atoms with Crippen molar-refractivity contribution in [2.45, 2.75) is 25.8 Å². The van der Waals surface area contributed by atoms with Crippen molar-refractivity contribution in [2.24, 2.45) is 0 Å². The fourth-order valence-corrected chi connectivity index (χ4v) is 2.96. The van der Waals surface area contributed by atoms with Crippen molar-refractivity contribution in [1.82, 2.24) is 10.1 Å². The second kappa shape index (κ2) is 6.08. The number of nitrogens with one attached hydrogen (secondary N) is 1. The summed E-state index contributed by atoms with van der Waals surface area (Å²) in [5.41, 5.74) is 0.939. The van der Waals surface area contributed by atoms with Crippen LogP contribution in [0.2, 0.25) is 0 Å². The lowest BCUT2D eigenvalue weighted by Gasteiger charge is -2.23. The van der Waals surface area contributed by atoms with Gasteiger partial charge < -0.3 is 14.7 Å². The fraction of sp³-hybridized carbons (Fsp3) is 0.333. The Hall–Kier alpha value is -1.89. The summed E-state index contributed by atoms with van der Waals surface area (Å²) >= 11 is 3.19. The molecule has 116 valence electrons. The lowest BCUT2D eigenvalue weighted by molar-refractivity contribution is 0.195. The monoisotopic (exact) mass is 367 g/mol. The molecular weight excluding hydrogens is 353 g/mol. The van der Waals surface area contributed by atoms with Gasteiger partial charge in [-0.05, 0) is 38.0 Å². The number of aryl methyl sites for hydroxylation is 1. The van der Waals surface area contributed by atoms with E-state index in [-0.39, 0.29) is 17.8 Å². The third kappa shape index (κ3) is 2.99. The average molecular weight is 368 g/mol. The summed E-state index contributed by atoms with van der Waals surface area (Å²) in [6, 6.07) is 5.87. The summed E-state index contributed by atoms with van der Waals surface area (Å²) in [6.45, 7) is 2.44. The minimum Gasteiger partial charge on any atom is -0.359 e. The number of hydrogen-bond acceptors (Lipinski definition) is 3. The van der Waals surface area contributed by atoms with E-state index in [0.29, 0.717) is 16.8 Å². The van der Waals surface area contributed by atoms with Gasteiger partial charge in [0.2, 0.25) is 0 Å². The van der Waals surface area contributed by atoms with E-state index in [9.17, 15) is 9.18 Å². The number of aromatic nitrogens is 1. The molecule has 7 heteroatoms. The Morgan fingerprint density at radius 2 is 2.32 bits per heavy atom. The van der Waals surface area contributed by atoms with Gasteiger partial charge in [-0.3, -0.25) is 0 Å². The second-order valence-corrected chi connectivity index (χ2v) is 6.19. The lowest BCUT2D eigenvalue weighted by Crippen LogP contribution is -2.34. The van der Waals surface area contributed by atoms with Gasteiger partial charge in [0.1, 0.15) is 5.82 Å². The minimum absolute atomic E-state index is 0.153. The number of carbonyl (C=O) groups is 1. The molecule has 1 atom stereocenters. The summed E-state index contributed by atoms with van der Waals surface area (Å²) in [6.07, 6.45) is 1.69. The Labute approximate surface area is 135 Å². The molecule has 2 amide bonds. The predicted molar refractivity (Wildman–Crippen MR) is 83.0 cm³/mol. The van der Waals surface area contributed by atoms with Crippen LogP contribution in [0.5, 0.6) is 0 Å². The zero-order valence-electron chi connectivity index (χ0n) is 12.0. The summed E-state index contributed by atoms with van der Waals surface area (Å²) < 4.78 is 19.7. The molecule has 0 saturated carbocycles. The number of amides is 2. The third-order valence-electron chi connectivity index (χ3n) is 3.66. The molecule has 22 heavy (non-hydrogen) atoms. The third-order valence-corrected chi connectivity index (χ3v) is 4.15. The maximum Gasteiger partial charge on any atom is 0.322 e. The molecule has 1 fully saturated rings. The Bertz CT molecular complexity index is 704. The molecule has 5 nitrogen and oxygen atoms in total. The molecule has 1 N–H and O–H groups in total. The summed E-state index contributed by atoms with van der Waals surface area (Å²) in [7, 11) is 0. The van der Waals surface area contributed by atoms with Crippen LogP contribution in [0.3, 0.4) is 0 Å². The first kappa shape index (κ1) is 15.0. The van der Waals surface area contributed by atoms with Crippen molar-refractivity contribution in [3.8, 4) is 0 Å². The zero-order chi connectivity index (χ0) is 15.7. The molecule has 1 saturated heterocycles. The molecule has 2 heterocycles. The molecular formula is C15H15BrFN3O2. The smallest absolute Gasteiger partial charge is 0.322 e. The van der Waals surface area contributed by atoms with E-state index >= 15 is 0 Å². The second-order valence-electron chi connectivity index (χ2n) is 5.28. The van der Waals surface area contributed by atoms with Crippen LogP contribution in [0.4, 0.5) is 14.9 Å². The van der Waals surface area contributed by atoms with Gasteiger partial charge in [0.15, 0.2) is 5.76 Å². The minimum atomic E-state index is -0.478. The normalized spacial score (nSPS) is 17.8. The Morgan fingerprint density at radius 1 is 1.50 bits per heavy atom. The van der Waals surface area contributed by atoms with E-state index in [4.69, 9.17) is 4.52 Å². The van der Waals surface area contributed by atoms with Gasteiger partial charge in [0.25, 0.3) is 0 Å². The highest BCUT2D eigenvalue weighted by molar-refractivity contribution is 9.10. The first-order valence-electron chi connectivity index (χ1n) is 7.00. The quantitative estimate of drug-likeness (QED) is 0.862. The fourth-order valence-electron chi connectivity index (χ4n) is 2.62. The topological polar surface area (TPSA) is 58.4 Å². The number of urea groups is 1. The van der Waals surface area contributed by atoms with Gasteiger partial charge >= 0.3 is 6.03 Å². The van der Waals surface area contributed by atoms with Crippen molar-refractivity contribution in [3.63, 3.8) is 0 Å². The molecule has 1 aliphatic heterocycles. The zero-order valence-corrected chi connectivity index (χ0v) is 13.6. The van der Waals surface area contributed by atoms with Crippen LogP contribution in [-0.4, -0.2) is 22.6 Å². The number of benzene rings is 1. The van der Waals surface area contributed by atoms with Crippen molar-refractivity contribution >= 4 is 27.6 Å². The molecule has 1 aromatic heterocycles. The van der Waals surface area contributed by atoms with Crippen molar-refractivity contribution in [1.29, 1.82) is 0 Å². The molecule has 0 unspecified atom stereocenters. The van der Waals surface area contributed by atoms with Crippen molar-refractivity contribution in [3.05, 3.63) is 46.0 Å². The number of hydrogen-bond donors (Lipinski definition) is 1. The molecule has 1 aliphatic rings. The van der Waals surface area contributed by atoms with Crippen LogP contribution in [0.15, 0.2) is 33.3 Å². The van der Waals surface area contributed by atoms with Crippen LogP contribution < -0.4 is 5.32 Å². The van der Waals surface area contributed by atoms with Gasteiger partial charge in [-0.25, -0.2) is 9.18 Å². The van der Waals surface area contributed by atoms with Crippen LogP contribution in [0.1, 0.15) is 30.3 Å². The van der Waals surface area contributed by atoms with Crippen LogP contribution >= 0.6 is 15.9 Å².